The van der Waals surface area contributed by atoms with Gasteiger partial charge in [0.05, 0.1) is 28.8 Å². The predicted octanol–water partition coefficient (Wildman–Crippen LogP) is 3.71. The fraction of sp³-hybridized carbons (Fsp3) is 0.250. The second-order valence-corrected chi connectivity index (χ2v) is 5.45. The van der Waals surface area contributed by atoms with Crippen molar-refractivity contribution in [3.8, 4) is 5.75 Å². The molecule has 1 unspecified atom stereocenters. The Labute approximate surface area is 138 Å². The molecule has 0 aromatic heterocycles. The minimum atomic E-state index is -0.744. The molecule has 23 heavy (non-hydrogen) atoms. The van der Waals surface area contributed by atoms with Gasteiger partial charge in [-0.15, -0.1) is 0 Å². The Balaban J connectivity index is 2.09. The Morgan fingerprint density at radius 3 is 2.52 bits per heavy atom. The van der Waals surface area contributed by atoms with Gasteiger partial charge in [0.2, 0.25) is 0 Å². The molecule has 0 fully saturated rings. The van der Waals surface area contributed by atoms with Gasteiger partial charge in [-0.3, -0.25) is 10.1 Å². The third kappa shape index (κ3) is 4.12. The van der Waals surface area contributed by atoms with Crippen LogP contribution < -0.4 is 10.1 Å². The normalized spacial score (nSPS) is 11.8. The van der Waals surface area contributed by atoms with Crippen molar-refractivity contribution in [1.82, 2.24) is 0 Å². The van der Waals surface area contributed by atoms with E-state index in [1.165, 1.54) is 12.1 Å². The lowest BCUT2D eigenvalue weighted by Crippen LogP contribution is -2.13. The summed E-state index contributed by atoms with van der Waals surface area (Å²) < 4.78 is 5.07. The molecular formula is C16H17ClN2O4. The molecule has 1 atom stereocenters. The third-order valence-corrected chi connectivity index (χ3v) is 3.75. The molecule has 0 radical (unpaired) electrons. The highest BCUT2D eigenvalue weighted by Gasteiger charge is 2.15. The first-order valence-corrected chi connectivity index (χ1v) is 7.30. The lowest BCUT2D eigenvalue weighted by molar-refractivity contribution is -0.384. The van der Waals surface area contributed by atoms with Crippen molar-refractivity contribution in [1.29, 1.82) is 0 Å². The second kappa shape index (κ2) is 7.30. The highest BCUT2D eigenvalue weighted by molar-refractivity contribution is 6.33. The van der Waals surface area contributed by atoms with Crippen LogP contribution in [0.4, 0.5) is 11.4 Å². The number of halogens is 1. The van der Waals surface area contributed by atoms with Crippen LogP contribution in [0.1, 0.15) is 17.2 Å². The number of aryl methyl sites for hydroxylation is 1. The summed E-state index contributed by atoms with van der Waals surface area (Å²) in [6.45, 7) is 1.95. The van der Waals surface area contributed by atoms with Crippen molar-refractivity contribution < 1.29 is 14.8 Å². The zero-order chi connectivity index (χ0) is 17.0. The maximum absolute atomic E-state index is 10.8. The standard InChI is InChI=1S/C16H17ClN2O4/c1-10-7-12(19(21)22)8-14(17)16(10)18-9-15(20)11-3-5-13(23-2)6-4-11/h3-8,15,18,20H,9H2,1-2H3. The van der Waals surface area contributed by atoms with E-state index in [-0.39, 0.29) is 17.3 Å². The summed E-state index contributed by atoms with van der Waals surface area (Å²) in [6, 6.07) is 9.81. The second-order valence-electron chi connectivity index (χ2n) is 5.05. The quantitative estimate of drug-likeness (QED) is 0.620. The number of nitrogens with zero attached hydrogens (tertiary/aromatic N) is 1. The number of hydrogen-bond acceptors (Lipinski definition) is 5. The lowest BCUT2D eigenvalue weighted by atomic mass is 10.1. The van der Waals surface area contributed by atoms with Crippen LogP contribution in [0.3, 0.4) is 0 Å². The maximum Gasteiger partial charge on any atom is 0.271 e. The highest BCUT2D eigenvalue weighted by atomic mass is 35.5. The Morgan fingerprint density at radius 2 is 2.00 bits per heavy atom. The number of non-ortho nitro benzene ring substituents is 1. The Kier molecular flexibility index (Phi) is 5.41. The summed E-state index contributed by atoms with van der Waals surface area (Å²) in [7, 11) is 1.58. The number of aliphatic hydroxyl groups excluding tert-OH is 1. The summed E-state index contributed by atoms with van der Waals surface area (Å²) >= 11 is 6.08. The number of anilines is 1. The topological polar surface area (TPSA) is 84.6 Å². The van der Waals surface area contributed by atoms with E-state index in [1.807, 2.05) is 0 Å². The number of ether oxygens (including phenoxy) is 1. The number of benzene rings is 2. The van der Waals surface area contributed by atoms with Crippen molar-refractivity contribution in [3.05, 3.63) is 62.7 Å². The van der Waals surface area contributed by atoms with Gasteiger partial charge in [-0.2, -0.15) is 0 Å². The monoisotopic (exact) mass is 336 g/mol. The molecule has 7 heteroatoms. The first-order chi connectivity index (χ1) is 10.9. The van der Waals surface area contributed by atoms with E-state index in [9.17, 15) is 15.2 Å². The van der Waals surface area contributed by atoms with Crippen LogP contribution in [0.2, 0.25) is 5.02 Å². The first-order valence-electron chi connectivity index (χ1n) is 6.92. The van der Waals surface area contributed by atoms with E-state index in [2.05, 4.69) is 5.32 Å². The van der Waals surface area contributed by atoms with Gasteiger partial charge in [0.15, 0.2) is 0 Å². The van der Waals surface area contributed by atoms with Gasteiger partial charge >= 0.3 is 0 Å². The summed E-state index contributed by atoms with van der Waals surface area (Å²) in [5.41, 5.74) is 1.89. The predicted molar refractivity (Wildman–Crippen MR) is 89.3 cm³/mol. The van der Waals surface area contributed by atoms with Crippen LogP contribution in [0.5, 0.6) is 5.75 Å². The smallest absolute Gasteiger partial charge is 0.271 e. The average Bonchev–Trinajstić information content (AvgIpc) is 2.53. The molecule has 0 saturated carbocycles. The molecule has 122 valence electrons. The van der Waals surface area contributed by atoms with Crippen LogP contribution >= 0.6 is 11.6 Å². The molecule has 0 bridgehead atoms. The minimum absolute atomic E-state index is 0.0613. The van der Waals surface area contributed by atoms with Crippen molar-refractivity contribution in [2.75, 3.05) is 19.0 Å². The molecule has 2 aromatic carbocycles. The Bertz CT molecular complexity index is 681. The number of methoxy groups -OCH3 is 1. The van der Waals surface area contributed by atoms with Gasteiger partial charge in [0.25, 0.3) is 5.69 Å². The first kappa shape index (κ1) is 17.1. The summed E-state index contributed by atoms with van der Waals surface area (Å²) in [5.74, 6) is 0.711. The molecule has 0 amide bonds. The van der Waals surface area contributed by atoms with Crippen molar-refractivity contribution in [2.45, 2.75) is 13.0 Å². The molecular weight excluding hydrogens is 320 g/mol. The van der Waals surface area contributed by atoms with Gasteiger partial charge in [0.1, 0.15) is 5.75 Å². The summed E-state index contributed by atoms with van der Waals surface area (Å²) in [6.07, 6.45) is -0.744. The van der Waals surface area contributed by atoms with Gasteiger partial charge in [0, 0.05) is 18.7 Å². The van der Waals surface area contributed by atoms with Crippen molar-refractivity contribution >= 4 is 23.0 Å². The Morgan fingerprint density at radius 1 is 1.35 bits per heavy atom. The molecule has 0 aliphatic heterocycles. The van der Waals surface area contributed by atoms with Gasteiger partial charge in [-0.1, -0.05) is 23.7 Å². The van der Waals surface area contributed by atoms with Crippen LogP contribution in [0.15, 0.2) is 36.4 Å². The van der Waals surface area contributed by atoms with Gasteiger partial charge in [-0.25, -0.2) is 0 Å². The van der Waals surface area contributed by atoms with Crippen molar-refractivity contribution in [2.24, 2.45) is 0 Å². The van der Waals surface area contributed by atoms with Crippen LogP contribution in [0, 0.1) is 17.0 Å². The minimum Gasteiger partial charge on any atom is -0.497 e. The van der Waals surface area contributed by atoms with Crippen LogP contribution in [0.25, 0.3) is 0 Å². The number of nitrogens with one attached hydrogen (secondary N) is 1. The highest BCUT2D eigenvalue weighted by Crippen LogP contribution is 2.31. The number of hydrogen-bond donors (Lipinski definition) is 2. The van der Waals surface area contributed by atoms with E-state index < -0.39 is 11.0 Å². The summed E-state index contributed by atoms with van der Waals surface area (Å²) in [4.78, 5) is 10.3. The molecule has 2 aromatic rings. The fourth-order valence-electron chi connectivity index (χ4n) is 2.20. The van der Waals surface area contributed by atoms with E-state index >= 15 is 0 Å². The van der Waals surface area contributed by atoms with E-state index in [1.54, 1.807) is 38.3 Å². The zero-order valence-electron chi connectivity index (χ0n) is 12.7. The van der Waals surface area contributed by atoms with Gasteiger partial charge in [-0.05, 0) is 30.2 Å². The number of nitro groups is 1. The number of rotatable bonds is 6. The molecule has 0 spiro atoms. The molecule has 6 nitrogen and oxygen atoms in total. The van der Waals surface area contributed by atoms with Crippen LogP contribution in [-0.2, 0) is 0 Å². The largest absolute Gasteiger partial charge is 0.497 e. The van der Waals surface area contributed by atoms with E-state index in [4.69, 9.17) is 16.3 Å². The molecule has 0 aliphatic rings. The van der Waals surface area contributed by atoms with Crippen molar-refractivity contribution in [3.63, 3.8) is 0 Å². The number of aliphatic hydroxyl groups is 1. The van der Waals surface area contributed by atoms with Gasteiger partial charge < -0.3 is 15.2 Å². The fourth-order valence-corrected chi connectivity index (χ4v) is 2.53. The van der Waals surface area contributed by atoms with Crippen LogP contribution in [-0.4, -0.2) is 23.7 Å². The van der Waals surface area contributed by atoms with E-state index in [0.29, 0.717) is 17.0 Å². The molecule has 0 saturated heterocycles. The molecule has 0 aliphatic carbocycles. The third-order valence-electron chi connectivity index (χ3n) is 3.46. The Hall–Kier alpha value is -2.31. The summed E-state index contributed by atoms with van der Waals surface area (Å²) in [5, 5.41) is 24.3. The number of nitro benzene ring substituents is 1. The SMILES string of the molecule is COc1ccc(C(O)CNc2c(C)cc([N+](=O)[O-])cc2Cl)cc1. The molecule has 2 rings (SSSR count). The zero-order valence-corrected chi connectivity index (χ0v) is 13.5. The average molecular weight is 337 g/mol. The molecule has 0 heterocycles. The molecule has 2 N–H and O–H groups in total. The lowest BCUT2D eigenvalue weighted by Gasteiger charge is -2.16. The van der Waals surface area contributed by atoms with E-state index in [0.717, 1.165) is 5.56 Å². The maximum atomic E-state index is 10.8.